The number of ketones is 1. The summed E-state index contributed by atoms with van der Waals surface area (Å²) in [4.78, 5) is 26.9. The zero-order chi connectivity index (χ0) is 15.8. The SMILES string of the molecule is Cc1cc2c(c(CO)c1CCO[N+](=O)[O-])CC(C)(C)C2=O. The number of hydrogen-bond donors (Lipinski definition) is 1. The summed E-state index contributed by atoms with van der Waals surface area (Å²) in [6, 6.07) is 1.83. The molecule has 0 aliphatic heterocycles. The normalized spacial score (nSPS) is 15.9. The molecule has 21 heavy (non-hydrogen) atoms. The van der Waals surface area contributed by atoms with Gasteiger partial charge in [-0.15, -0.1) is 10.1 Å². The third kappa shape index (κ3) is 2.76. The summed E-state index contributed by atoms with van der Waals surface area (Å²) >= 11 is 0. The van der Waals surface area contributed by atoms with Crippen LogP contribution in [-0.4, -0.2) is 22.6 Å². The first-order valence-corrected chi connectivity index (χ1v) is 6.85. The van der Waals surface area contributed by atoms with E-state index < -0.39 is 10.5 Å². The maximum Gasteiger partial charge on any atom is 0.294 e. The van der Waals surface area contributed by atoms with Gasteiger partial charge in [-0.25, -0.2) is 0 Å². The fraction of sp³-hybridized carbons (Fsp3) is 0.533. The topological polar surface area (TPSA) is 89.7 Å². The molecule has 0 saturated heterocycles. The van der Waals surface area contributed by atoms with E-state index in [2.05, 4.69) is 4.84 Å². The highest BCUT2D eigenvalue weighted by Crippen LogP contribution is 2.40. The van der Waals surface area contributed by atoms with Gasteiger partial charge in [0.15, 0.2) is 5.78 Å². The lowest BCUT2D eigenvalue weighted by atomic mass is 9.88. The van der Waals surface area contributed by atoms with Crippen molar-refractivity contribution < 1.29 is 19.8 Å². The smallest absolute Gasteiger partial charge is 0.294 e. The van der Waals surface area contributed by atoms with E-state index in [4.69, 9.17) is 0 Å². The second-order valence-corrected chi connectivity index (χ2v) is 6.03. The minimum absolute atomic E-state index is 0.0586. The molecule has 1 aromatic rings. The summed E-state index contributed by atoms with van der Waals surface area (Å²) in [5.41, 5.74) is 3.49. The average Bonchev–Trinajstić information content (AvgIpc) is 2.61. The average molecular weight is 293 g/mol. The largest absolute Gasteiger partial charge is 0.392 e. The van der Waals surface area contributed by atoms with Crippen LogP contribution in [-0.2, 0) is 24.3 Å². The van der Waals surface area contributed by atoms with Gasteiger partial charge in [-0.3, -0.25) is 4.79 Å². The van der Waals surface area contributed by atoms with Crippen LogP contribution >= 0.6 is 0 Å². The van der Waals surface area contributed by atoms with Crippen molar-refractivity contribution in [1.82, 2.24) is 0 Å². The molecule has 0 aromatic heterocycles. The van der Waals surface area contributed by atoms with E-state index in [-0.39, 0.29) is 19.0 Å². The summed E-state index contributed by atoms with van der Waals surface area (Å²) in [7, 11) is 0. The maximum atomic E-state index is 12.4. The molecule has 6 heteroatoms. The van der Waals surface area contributed by atoms with Gasteiger partial charge >= 0.3 is 0 Å². The zero-order valence-electron chi connectivity index (χ0n) is 12.4. The van der Waals surface area contributed by atoms with E-state index in [1.54, 1.807) is 0 Å². The monoisotopic (exact) mass is 293 g/mol. The van der Waals surface area contributed by atoms with Gasteiger partial charge < -0.3 is 9.94 Å². The molecule has 0 amide bonds. The Morgan fingerprint density at radius 1 is 1.43 bits per heavy atom. The summed E-state index contributed by atoms with van der Waals surface area (Å²) in [5.74, 6) is 0.0865. The first-order valence-electron chi connectivity index (χ1n) is 6.85. The Morgan fingerprint density at radius 3 is 2.67 bits per heavy atom. The Hall–Kier alpha value is -1.95. The molecule has 1 aromatic carbocycles. The minimum atomic E-state index is -0.825. The van der Waals surface area contributed by atoms with Crippen LogP contribution in [0, 0.1) is 22.5 Å². The Kier molecular flexibility index (Phi) is 4.00. The van der Waals surface area contributed by atoms with Crippen LogP contribution in [0.25, 0.3) is 0 Å². The van der Waals surface area contributed by atoms with Crippen molar-refractivity contribution in [3.8, 4) is 0 Å². The molecule has 0 bridgehead atoms. The highest BCUT2D eigenvalue weighted by molar-refractivity contribution is 6.05. The van der Waals surface area contributed by atoms with Crippen molar-refractivity contribution in [2.45, 2.75) is 40.2 Å². The van der Waals surface area contributed by atoms with Gasteiger partial charge in [-0.05, 0) is 48.1 Å². The quantitative estimate of drug-likeness (QED) is 0.662. The number of nitrogens with zero attached hydrogens (tertiary/aromatic N) is 1. The first kappa shape index (κ1) is 15.4. The van der Waals surface area contributed by atoms with Crippen molar-refractivity contribution in [2.24, 2.45) is 5.41 Å². The van der Waals surface area contributed by atoms with Gasteiger partial charge in [0.2, 0.25) is 0 Å². The van der Waals surface area contributed by atoms with Gasteiger partial charge in [-0.2, -0.15) is 0 Å². The fourth-order valence-electron chi connectivity index (χ4n) is 3.03. The number of aryl methyl sites for hydroxylation is 1. The molecule has 0 fully saturated rings. The predicted molar refractivity (Wildman–Crippen MR) is 75.6 cm³/mol. The van der Waals surface area contributed by atoms with Gasteiger partial charge in [0.05, 0.1) is 6.61 Å². The molecule has 0 heterocycles. The van der Waals surface area contributed by atoms with E-state index in [1.165, 1.54) is 0 Å². The molecule has 0 unspecified atom stereocenters. The van der Waals surface area contributed by atoms with Crippen LogP contribution in [0.5, 0.6) is 0 Å². The van der Waals surface area contributed by atoms with Gasteiger partial charge in [-0.1, -0.05) is 13.8 Å². The molecule has 0 atom stereocenters. The molecule has 114 valence electrons. The first-order chi connectivity index (χ1) is 9.77. The van der Waals surface area contributed by atoms with E-state index >= 15 is 0 Å². The summed E-state index contributed by atoms with van der Waals surface area (Å²) in [6.07, 6.45) is 0.922. The highest BCUT2D eigenvalue weighted by Gasteiger charge is 2.39. The molecular formula is C15H19NO5. The van der Waals surface area contributed by atoms with Crippen molar-refractivity contribution in [2.75, 3.05) is 6.61 Å². The number of benzene rings is 1. The standard InChI is InChI=1S/C15H19NO5/c1-9-6-11-12(7-15(2,3)14(11)18)13(8-17)10(9)4-5-21-16(19)20/h6,17H,4-5,7-8H2,1-3H3. The number of carbonyl (C=O) groups is 1. The van der Waals surface area contributed by atoms with Crippen molar-refractivity contribution in [3.05, 3.63) is 44.0 Å². The Bertz CT molecular complexity index is 607. The molecule has 1 aliphatic carbocycles. The summed E-state index contributed by atoms with van der Waals surface area (Å²) < 4.78 is 0. The molecule has 0 spiro atoms. The van der Waals surface area contributed by atoms with Crippen molar-refractivity contribution >= 4 is 5.78 Å². The van der Waals surface area contributed by atoms with Gasteiger partial charge in [0, 0.05) is 11.0 Å². The number of carbonyl (C=O) groups excluding carboxylic acids is 1. The van der Waals surface area contributed by atoms with Crippen LogP contribution < -0.4 is 0 Å². The molecule has 0 saturated carbocycles. The van der Waals surface area contributed by atoms with Crippen LogP contribution in [0.2, 0.25) is 0 Å². The third-order valence-electron chi connectivity index (χ3n) is 4.08. The summed E-state index contributed by atoms with van der Waals surface area (Å²) in [6.45, 7) is 5.39. The molecule has 0 radical (unpaired) electrons. The second kappa shape index (κ2) is 5.44. The van der Waals surface area contributed by atoms with Crippen LogP contribution in [0.3, 0.4) is 0 Å². The van der Waals surface area contributed by atoms with E-state index in [9.17, 15) is 20.0 Å². The number of rotatable bonds is 5. The molecule has 1 N–H and O–H groups in total. The zero-order valence-corrected chi connectivity index (χ0v) is 12.4. The predicted octanol–water partition coefficient (Wildman–Crippen LogP) is 2.00. The Balaban J connectivity index is 2.41. The van der Waals surface area contributed by atoms with E-state index in [0.29, 0.717) is 18.4 Å². The number of Topliss-reactive ketones (excluding diaryl/α,β-unsaturated/α-hetero) is 1. The van der Waals surface area contributed by atoms with Crippen LogP contribution in [0.15, 0.2) is 6.07 Å². The second-order valence-electron chi connectivity index (χ2n) is 6.03. The molecule has 2 rings (SSSR count). The molecule has 6 nitrogen and oxygen atoms in total. The van der Waals surface area contributed by atoms with Crippen molar-refractivity contribution in [3.63, 3.8) is 0 Å². The Morgan fingerprint density at radius 2 is 2.10 bits per heavy atom. The van der Waals surface area contributed by atoms with E-state index in [1.807, 2.05) is 26.8 Å². The van der Waals surface area contributed by atoms with Crippen LogP contribution in [0.4, 0.5) is 0 Å². The highest BCUT2D eigenvalue weighted by atomic mass is 16.9. The third-order valence-corrected chi connectivity index (χ3v) is 4.08. The lowest BCUT2D eigenvalue weighted by Crippen LogP contribution is -2.18. The lowest BCUT2D eigenvalue weighted by Gasteiger charge is -2.16. The minimum Gasteiger partial charge on any atom is -0.392 e. The van der Waals surface area contributed by atoms with Gasteiger partial charge in [0.25, 0.3) is 5.09 Å². The Labute approximate surface area is 122 Å². The lowest BCUT2D eigenvalue weighted by molar-refractivity contribution is -0.757. The summed E-state index contributed by atoms with van der Waals surface area (Å²) in [5, 5.41) is 19.1. The van der Waals surface area contributed by atoms with Crippen LogP contribution in [0.1, 0.15) is 46.5 Å². The number of aliphatic hydroxyl groups is 1. The van der Waals surface area contributed by atoms with Crippen molar-refractivity contribution in [1.29, 1.82) is 0 Å². The van der Waals surface area contributed by atoms with E-state index in [0.717, 1.165) is 22.3 Å². The number of hydrogen-bond acceptors (Lipinski definition) is 5. The number of fused-ring (bicyclic) bond motifs is 1. The molecular weight excluding hydrogens is 274 g/mol. The maximum absolute atomic E-state index is 12.4. The van der Waals surface area contributed by atoms with Gasteiger partial charge in [0.1, 0.15) is 6.61 Å². The molecule has 1 aliphatic rings. The fourth-order valence-corrected chi connectivity index (χ4v) is 3.03. The number of aliphatic hydroxyl groups excluding tert-OH is 1.